The Kier molecular flexibility index (Phi) is 5.30. The highest BCUT2D eigenvalue weighted by Gasteiger charge is 2.08. The van der Waals surface area contributed by atoms with Gasteiger partial charge in [-0.3, -0.25) is 4.79 Å². The summed E-state index contributed by atoms with van der Waals surface area (Å²) in [6.07, 6.45) is 0.918. The summed E-state index contributed by atoms with van der Waals surface area (Å²) in [5, 5.41) is 0. The summed E-state index contributed by atoms with van der Waals surface area (Å²) in [5.41, 5.74) is 4.22. The van der Waals surface area contributed by atoms with Gasteiger partial charge in [0.2, 0.25) is 0 Å². The minimum Gasteiger partial charge on any atom is -0.457 e. The fourth-order valence-corrected chi connectivity index (χ4v) is 2.84. The molecule has 0 aliphatic heterocycles. The van der Waals surface area contributed by atoms with Crippen LogP contribution in [0.25, 0.3) is 0 Å². The van der Waals surface area contributed by atoms with E-state index in [0.29, 0.717) is 12.8 Å². The molecule has 0 saturated heterocycles. The molecule has 0 bridgehead atoms. The van der Waals surface area contributed by atoms with E-state index in [2.05, 4.69) is 0 Å². The lowest BCUT2D eigenvalue weighted by molar-refractivity contribution is -0.117. The number of ether oxygens (including phenoxy) is 1. The van der Waals surface area contributed by atoms with Crippen molar-refractivity contribution in [2.24, 2.45) is 0 Å². The van der Waals surface area contributed by atoms with Gasteiger partial charge in [-0.1, -0.05) is 60.7 Å². The van der Waals surface area contributed by atoms with Gasteiger partial charge in [0.15, 0.2) is 0 Å². The third kappa shape index (κ3) is 4.57. The molecular weight excluding hydrogens is 308 g/mol. The summed E-state index contributed by atoms with van der Waals surface area (Å²) < 4.78 is 6.01. The average molecular weight is 330 g/mol. The van der Waals surface area contributed by atoms with E-state index < -0.39 is 0 Å². The largest absolute Gasteiger partial charge is 0.457 e. The lowest BCUT2D eigenvalue weighted by atomic mass is 10.0. The van der Waals surface area contributed by atoms with Gasteiger partial charge in [0.1, 0.15) is 17.3 Å². The molecule has 25 heavy (non-hydrogen) atoms. The van der Waals surface area contributed by atoms with Crippen LogP contribution in [0.15, 0.2) is 72.8 Å². The van der Waals surface area contributed by atoms with E-state index >= 15 is 0 Å². The van der Waals surface area contributed by atoms with Crippen LogP contribution in [0.4, 0.5) is 0 Å². The Morgan fingerprint density at radius 2 is 1.36 bits per heavy atom. The summed E-state index contributed by atoms with van der Waals surface area (Å²) in [6, 6.07) is 23.8. The second-order valence-electron chi connectivity index (χ2n) is 6.35. The second kappa shape index (κ2) is 7.80. The van der Waals surface area contributed by atoms with Crippen LogP contribution in [-0.2, 0) is 17.6 Å². The number of rotatable bonds is 6. The van der Waals surface area contributed by atoms with Crippen molar-refractivity contribution < 1.29 is 9.53 Å². The fraction of sp³-hybridized carbons (Fsp3) is 0.174. The molecule has 0 unspecified atom stereocenters. The molecule has 0 N–H and O–H groups in total. The van der Waals surface area contributed by atoms with Gasteiger partial charge in [-0.15, -0.1) is 0 Å². The molecule has 0 heterocycles. The summed E-state index contributed by atoms with van der Waals surface area (Å²) in [5.74, 6) is 1.91. The van der Waals surface area contributed by atoms with E-state index in [4.69, 9.17) is 4.74 Å². The second-order valence-corrected chi connectivity index (χ2v) is 6.35. The predicted octanol–water partition coefficient (Wildman–Crippen LogP) is 5.45. The molecule has 3 rings (SSSR count). The molecule has 2 nitrogen and oxygen atoms in total. The molecule has 126 valence electrons. The first kappa shape index (κ1) is 17.0. The molecule has 0 fully saturated rings. The normalized spacial score (nSPS) is 10.5. The minimum atomic E-state index is 0.221. The zero-order valence-electron chi connectivity index (χ0n) is 14.7. The third-order valence-corrected chi connectivity index (χ3v) is 4.20. The molecule has 3 aromatic rings. The number of benzene rings is 3. The first-order valence-electron chi connectivity index (χ1n) is 8.50. The first-order valence-corrected chi connectivity index (χ1v) is 8.50. The Bertz CT molecular complexity index is 866. The molecule has 0 aliphatic rings. The van der Waals surface area contributed by atoms with E-state index in [1.54, 1.807) is 0 Å². The molecule has 0 saturated carbocycles. The molecule has 0 radical (unpaired) electrons. The molecule has 0 atom stereocenters. The Balaban J connectivity index is 1.67. The van der Waals surface area contributed by atoms with E-state index in [-0.39, 0.29) is 5.78 Å². The van der Waals surface area contributed by atoms with Gasteiger partial charge in [0, 0.05) is 12.8 Å². The highest BCUT2D eigenvalue weighted by Crippen LogP contribution is 2.28. The molecule has 0 aromatic heterocycles. The van der Waals surface area contributed by atoms with E-state index in [1.165, 1.54) is 0 Å². The first-order chi connectivity index (χ1) is 12.1. The van der Waals surface area contributed by atoms with Crippen LogP contribution in [0.1, 0.15) is 22.3 Å². The zero-order valence-corrected chi connectivity index (χ0v) is 14.7. The summed E-state index contributed by atoms with van der Waals surface area (Å²) in [6.45, 7) is 4.04. The van der Waals surface area contributed by atoms with Crippen LogP contribution in [0, 0.1) is 13.8 Å². The number of ketones is 1. The van der Waals surface area contributed by atoms with Crippen molar-refractivity contribution in [3.05, 3.63) is 95.1 Å². The molecule has 0 amide bonds. The van der Waals surface area contributed by atoms with Gasteiger partial charge in [-0.2, -0.15) is 0 Å². The highest BCUT2D eigenvalue weighted by molar-refractivity contribution is 5.83. The molecule has 0 spiro atoms. The lowest BCUT2D eigenvalue weighted by Crippen LogP contribution is -2.06. The van der Waals surface area contributed by atoms with Crippen LogP contribution < -0.4 is 4.74 Å². The minimum absolute atomic E-state index is 0.221. The SMILES string of the molecule is Cc1ccccc1Oc1ccc(CC(=O)Cc2ccccc2)cc1C. The smallest absolute Gasteiger partial charge is 0.141 e. The number of carbonyl (C=O) groups is 1. The maximum absolute atomic E-state index is 12.3. The van der Waals surface area contributed by atoms with Gasteiger partial charge in [-0.25, -0.2) is 0 Å². The summed E-state index contributed by atoms with van der Waals surface area (Å²) >= 11 is 0. The number of carbonyl (C=O) groups excluding carboxylic acids is 1. The number of para-hydroxylation sites is 1. The summed E-state index contributed by atoms with van der Waals surface area (Å²) in [4.78, 5) is 12.3. The molecule has 2 heteroatoms. The Labute approximate surface area is 149 Å². The van der Waals surface area contributed by atoms with Gasteiger partial charge < -0.3 is 4.74 Å². The highest BCUT2D eigenvalue weighted by atomic mass is 16.5. The van der Waals surface area contributed by atoms with Gasteiger partial charge in [0.25, 0.3) is 0 Å². The van der Waals surface area contributed by atoms with Crippen molar-refractivity contribution in [3.63, 3.8) is 0 Å². The zero-order chi connectivity index (χ0) is 17.6. The summed E-state index contributed by atoms with van der Waals surface area (Å²) in [7, 11) is 0. The van der Waals surface area contributed by atoms with Crippen molar-refractivity contribution >= 4 is 5.78 Å². The topological polar surface area (TPSA) is 26.3 Å². The molecule has 3 aromatic carbocycles. The van der Waals surface area contributed by atoms with Crippen LogP contribution >= 0.6 is 0 Å². The number of hydrogen-bond donors (Lipinski definition) is 0. The number of aryl methyl sites for hydroxylation is 2. The van der Waals surface area contributed by atoms with Crippen molar-refractivity contribution in [3.8, 4) is 11.5 Å². The predicted molar refractivity (Wildman–Crippen MR) is 101 cm³/mol. The van der Waals surface area contributed by atoms with Gasteiger partial charge in [0.05, 0.1) is 0 Å². The van der Waals surface area contributed by atoms with Crippen LogP contribution in [0.3, 0.4) is 0 Å². The van der Waals surface area contributed by atoms with Crippen molar-refractivity contribution in [2.45, 2.75) is 26.7 Å². The van der Waals surface area contributed by atoms with Gasteiger partial charge in [-0.05, 0) is 48.2 Å². The van der Waals surface area contributed by atoms with E-state index in [9.17, 15) is 4.79 Å². The standard InChI is InChI=1S/C23H22O2/c1-17-8-6-7-11-22(17)25-23-13-12-20(14-18(23)2)16-21(24)15-19-9-4-3-5-10-19/h3-14H,15-16H2,1-2H3. The van der Waals surface area contributed by atoms with Crippen molar-refractivity contribution in [1.82, 2.24) is 0 Å². The molecular formula is C23H22O2. The Morgan fingerprint density at radius 3 is 2.08 bits per heavy atom. The van der Waals surface area contributed by atoms with Crippen LogP contribution in [0.2, 0.25) is 0 Å². The number of Topliss-reactive ketones (excluding diaryl/α,β-unsaturated/α-hetero) is 1. The van der Waals surface area contributed by atoms with Crippen LogP contribution in [0.5, 0.6) is 11.5 Å². The number of hydrogen-bond acceptors (Lipinski definition) is 2. The maximum Gasteiger partial charge on any atom is 0.141 e. The van der Waals surface area contributed by atoms with E-state index in [0.717, 1.165) is 33.8 Å². The van der Waals surface area contributed by atoms with E-state index in [1.807, 2.05) is 86.6 Å². The van der Waals surface area contributed by atoms with Crippen molar-refractivity contribution in [1.29, 1.82) is 0 Å². The van der Waals surface area contributed by atoms with Gasteiger partial charge >= 0.3 is 0 Å². The Hall–Kier alpha value is -2.87. The molecule has 0 aliphatic carbocycles. The lowest BCUT2D eigenvalue weighted by Gasteiger charge is -2.12. The van der Waals surface area contributed by atoms with Crippen molar-refractivity contribution in [2.75, 3.05) is 0 Å². The maximum atomic E-state index is 12.3. The third-order valence-electron chi connectivity index (χ3n) is 4.20. The quantitative estimate of drug-likeness (QED) is 0.601. The average Bonchev–Trinajstić information content (AvgIpc) is 2.60. The Morgan fingerprint density at radius 1 is 0.720 bits per heavy atom. The fourth-order valence-electron chi connectivity index (χ4n) is 2.84. The van der Waals surface area contributed by atoms with Crippen LogP contribution in [-0.4, -0.2) is 5.78 Å². The monoisotopic (exact) mass is 330 g/mol.